The fourth-order valence-corrected chi connectivity index (χ4v) is 2.79. The third-order valence-electron chi connectivity index (χ3n) is 3.22. The van der Waals surface area contributed by atoms with Crippen LogP contribution in [-0.2, 0) is 0 Å². The predicted octanol–water partition coefficient (Wildman–Crippen LogP) is 3.64. The van der Waals surface area contributed by atoms with E-state index in [-0.39, 0.29) is 0 Å². The molecule has 1 saturated carbocycles. The number of thioether (sulfide) groups is 1. The summed E-state index contributed by atoms with van der Waals surface area (Å²) in [7, 11) is 0. The van der Waals surface area contributed by atoms with Gasteiger partial charge in [0.2, 0.25) is 0 Å². The van der Waals surface area contributed by atoms with Crippen molar-refractivity contribution in [1.82, 2.24) is 0 Å². The lowest BCUT2D eigenvalue weighted by Crippen LogP contribution is -2.24. The van der Waals surface area contributed by atoms with E-state index in [0.29, 0.717) is 12.0 Å². The molecule has 0 bridgehead atoms. The van der Waals surface area contributed by atoms with E-state index in [9.17, 15) is 0 Å². The summed E-state index contributed by atoms with van der Waals surface area (Å²) in [4.78, 5) is 1.35. The Labute approximate surface area is 103 Å². The summed E-state index contributed by atoms with van der Waals surface area (Å²) in [6.45, 7) is 4.45. The van der Waals surface area contributed by atoms with Gasteiger partial charge < -0.3 is 5.73 Å². The van der Waals surface area contributed by atoms with E-state index in [0.717, 1.165) is 11.7 Å². The van der Waals surface area contributed by atoms with Crippen molar-refractivity contribution >= 4 is 11.8 Å². The Balaban J connectivity index is 1.84. The van der Waals surface area contributed by atoms with Gasteiger partial charge in [0, 0.05) is 16.7 Å². The molecule has 0 aliphatic heterocycles. The van der Waals surface area contributed by atoms with Crippen LogP contribution in [0.3, 0.4) is 0 Å². The second-order valence-corrected chi connectivity index (χ2v) is 6.13. The molecule has 0 radical (unpaired) electrons. The van der Waals surface area contributed by atoms with Crippen molar-refractivity contribution < 1.29 is 0 Å². The van der Waals surface area contributed by atoms with Crippen LogP contribution in [0.4, 0.5) is 0 Å². The van der Waals surface area contributed by atoms with Crippen molar-refractivity contribution in [2.75, 3.05) is 5.75 Å². The smallest absolute Gasteiger partial charge is 0.0162 e. The van der Waals surface area contributed by atoms with Crippen molar-refractivity contribution in [2.24, 2.45) is 11.7 Å². The lowest BCUT2D eigenvalue weighted by molar-refractivity contribution is 0.659. The molecular formula is C14H21NS. The quantitative estimate of drug-likeness (QED) is 0.789. The van der Waals surface area contributed by atoms with Gasteiger partial charge in [-0.3, -0.25) is 0 Å². The molecule has 0 saturated heterocycles. The van der Waals surface area contributed by atoms with Crippen molar-refractivity contribution in [1.29, 1.82) is 0 Å². The summed E-state index contributed by atoms with van der Waals surface area (Å²) in [6, 6.07) is 9.31. The van der Waals surface area contributed by atoms with Gasteiger partial charge in [0.05, 0.1) is 0 Å². The highest BCUT2D eigenvalue weighted by Crippen LogP contribution is 2.34. The predicted molar refractivity (Wildman–Crippen MR) is 72.0 cm³/mol. The maximum absolute atomic E-state index is 6.08. The molecule has 1 fully saturated rings. The second-order valence-electron chi connectivity index (χ2n) is 5.04. The molecule has 1 aliphatic rings. The van der Waals surface area contributed by atoms with Crippen molar-refractivity contribution in [3.8, 4) is 0 Å². The summed E-state index contributed by atoms with van der Waals surface area (Å²) >= 11 is 1.89. The molecule has 0 aromatic heterocycles. The summed E-state index contributed by atoms with van der Waals surface area (Å²) in [5.41, 5.74) is 7.50. The third-order valence-corrected chi connectivity index (χ3v) is 4.37. The summed E-state index contributed by atoms with van der Waals surface area (Å²) in [5.74, 6) is 2.49. The number of nitrogens with two attached hydrogens (primary N) is 1. The molecule has 16 heavy (non-hydrogen) atoms. The van der Waals surface area contributed by atoms with Crippen molar-refractivity contribution in [2.45, 2.75) is 43.5 Å². The Bertz CT molecular complexity index is 327. The zero-order valence-corrected chi connectivity index (χ0v) is 11.0. The van der Waals surface area contributed by atoms with Gasteiger partial charge in [-0.1, -0.05) is 26.0 Å². The van der Waals surface area contributed by atoms with Crippen LogP contribution in [0.5, 0.6) is 0 Å². The van der Waals surface area contributed by atoms with Crippen LogP contribution < -0.4 is 5.73 Å². The molecule has 1 nitrogen and oxygen atoms in total. The molecule has 0 spiro atoms. The standard InChI is InChI=1S/C14H21NS/c1-10(2)11-5-7-13(8-6-11)16-9-14(15)12-3-4-12/h5-8,10,12,14H,3-4,9,15H2,1-2H3. The summed E-state index contributed by atoms with van der Waals surface area (Å²) < 4.78 is 0. The molecule has 1 aromatic carbocycles. The van der Waals surface area contributed by atoms with Gasteiger partial charge in [-0.25, -0.2) is 0 Å². The molecule has 1 atom stereocenters. The zero-order valence-electron chi connectivity index (χ0n) is 10.1. The highest BCUT2D eigenvalue weighted by molar-refractivity contribution is 7.99. The average Bonchev–Trinajstić information content (AvgIpc) is 3.10. The normalized spacial score (nSPS) is 17.8. The third kappa shape index (κ3) is 3.26. The Morgan fingerprint density at radius 2 is 1.88 bits per heavy atom. The van der Waals surface area contributed by atoms with Gasteiger partial charge in [0.1, 0.15) is 0 Å². The number of rotatable bonds is 5. The number of hydrogen-bond donors (Lipinski definition) is 1. The minimum Gasteiger partial charge on any atom is -0.327 e. The van der Waals surface area contributed by atoms with E-state index in [4.69, 9.17) is 5.73 Å². The maximum atomic E-state index is 6.08. The minimum atomic E-state index is 0.398. The van der Waals surface area contributed by atoms with E-state index in [1.165, 1.54) is 23.3 Å². The largest absolute Gasteiger partial charge is 0.327 e. The van der Waals surface area contributed by atoms with E-state index in [2.05, 4.69) is 38.1 Å². The molecule has 2 N–H and O–H groups in total. The lowest BCUT2D eigenvalue weighted by atomic mass is 10.0. The van der Waals surface area contributed by atoms with Gasteiger partial charge in [-0.2, -0.15) is 0 Å². The fourth-order valence-electron chi connectivity index (χ4n) is 1.80. The molecule has 0 amide bonds. The number of benzene rings is 1. The fraction of sp³-hybridized carbons (Fsp3) is 0.571. The molecule has 1 unspecified atom stereocenters. The first-order valence-corrected chi connectivity index (χ1v) is 7.13. The van der Waals surface area contributed by atoms with Crippen LogP contribution >= 0.6 is 11.8 Å². The van der Waals surface area contributed by atoms with Gasteiger partial charge in [-0.05, 0) is 42.4 Å². The van der Waals surface area contributed by atoms with Gasteiger partial charge in [0.25, 0.3) is 0 Å². The van der Waals surface area contributed by atoms with E-state index in [1.54, 1.807) is 0 Å². The second kappa shape index (κ2) is 5.24. The van der Waals surface area contributed by atoms with Crippen LogP contribution in [0, 0.1) is 5.92 Å². The van der Waals surface area contributed by atoms with Crippen LogP contribution in [-0.4, -0.2) is 11.8 Å². The molecular weight excluding hydrogens is 214 g/mol. The maximum Gasteiger partial charge on any atom is 0.0162 e. The number of hydrogen-bond acceptors (Lipinski definition) is 2. The first kappa shape index (κ1) is 12.0. The van der Waals surface area contributed by atoms with Crippen molar-refractivity contribution in [3.63, 3.8) is 0 Å². The molecule has 1 aromatic rings. The molecule has 2 rings (SSSR count). The summed E-state index contributed by atoms with van der Waals surface area (Å²) in [6.07, 6.45) is 2.68. The lowest BCUT2D eigenvalue weighted by Gasteiger charge is -2.10. The van der Waals surface area contributed by atoms with Crippen LogP contribution in [0.2, 0.25) is 0 Å². The topological polar surface area (TPSA) is 26.0 Å². The van der Waals surface area contributed by atoms with Crippen molar-refractivity contribution in [3.05, 3.63) is 29.8 Å². The van der Waals surface area contributed by atoms with Gasteiger partial charge in [0.15, 0.2) is 0 Å². The Morgan fingerprint density at radius 3 is 2.38 bits per heavy atom. The first-order chi connectivity index (χ1) is 7.66. The van der Waals surface area contributed by atoms with Gasteiger partial charge in [-0.15, -0.1) is 11.8 Å². The SMILES string of the molecule is CC(C)c1ccc(SCC(N)C2CC2)cc1. The zero-order chi connectivity index (χ0) is 11.5. The highest BCUT2D eigenvalue weighted by atomic mass is 32.2. The Kier molecular flexibility index (Phi) is 3.93. The Morgan fingerprint density at radius 1 is 1.25 bits per heavy atom. The average molecular weight is 235 g/mol. The van der Waals surface area contributed by atoms with Crippen LogP contribution in [0.25, 0.3) is 0 Å². The molecule has 1 aliphatic carbocycles. The van der Waals surface area contributed by atoms with E-state index >= 15 is 0 Å². The Hall–Kier alpha value is -0.470. The van der Waals surface area contributed by atoms with E-state index < -0.39 is 0 Å². The van der Waals surface area contributed by atoms with Gasteiger partial charge >= 0.3 is 0 Å². The monoisotopic (exact) mass is 235 g/mol. The van der Waals surface area contributed by atoms with Crippen LogP contribution in [0.15, 0.2) is 29.2 Å². The van der Waals surface area contributed by atoms with Crippen LogP contribution in [0.1, 0.15) is 38.2 Å². The minimum absolute atomic E-state index is 0.398. The molecule has 0 heterocycles. The van der Waals surface area contributed by atoms with E-state index in [1.807, 2.05) is 11.8 Å². The highest BCUT2D eigenvalue weighted by Gasteiger charge is 2.28. The molecule has 88 valence electrons. The first-order valence-electron chi connectivity index (χ1n) is 6.15. The summed E-state index contributed by atoms with van der Waals surface area (Å²) in [5, 5.41) is 0. The molecule has 2 heteroatoms.